The Balaban J connectivity index is 1.97. The van der Waals surface area contributed by atoms with Crippen molar-refractivity contribution in [1.29, 1.82) is 0 Å². The number of anilines is 1. The number of halogens is 4. The molecule has 2 N–H and O–H groups in total. The van der Waals surface area contributed by atoms with Gasteiger partial charge in [-0.25, -0.2) is 13.2 Å². The van der Waals surface area contributed by atoms with Gasteiger partial charge in [-0.15, -0.1) is 0 Å². The topological polar surface area (TPSA) is 24.1 Å². The van der Waals surface area contributed by atoms with Crippen molar-refractivity contribution >= 4 is 34.6 Å². The van der Waals surface area contributed by atoms with Crippen LogP contribution in [0.5, 0.6) is 0 Å². The maximum absolute atomic E-state index is 13.4. The average Bonchev–Trinajstić information content (AvgIpc) is 2.42. The van der Waals surface area contributed by atoms with Gasteiger partial charge in [-0.1, -0.05) is 17.7 Å². The molecule has 0 atom stereocenters. The zero-order valence-corrected chi connectivity index (χ0v) is 12.2. The molecule has 0 bridgehead atoms. The number of hydrogen-bond donors (Lipinski definition) is 2. The van der Waals surface area contributed by atoms with Crippen molar-refractivity contribution in [1.82, 2.24) is 5.32 Å². The molecule has 0 heterocycles. The van der Waals surface area contributed by atoms with Gasteiger partial charge < -0.3 is 10.6 Å². The lowest BCUT2D eigenvalue weighted by molar-refractivity contribution is 0.604. The molecule has 0 spiro atoms. The first kappa shape index (κ1) is 15.6. The molecule has 2 rings (SSSR count). The normalized spacial score (nSPS) is 10.3. The highest BCUT2D eigenvalue weighted by Crippen LogP contribution is 2.17. The van der Waals surface area contributed by atoms with Gasteiger partial charge in [0.15, 0.2) is 5.11 Å². The zero-order valence-electron chi connectivity index (χ0n) is 10.6. The average molecular weight is 331 g/mol. The van der Waals surface area contributed by atoms with E-state index in [2.05, 4.69) is 10.6 Å². The van der Waals surface area contributed by atoms with Gasteiger partial charge in [0, 0.05) is 17.6 Å². The summed E-state index contributed by atoms with van der Waals surface area (Å²) in [4.78, 5) is 0. The highest BCUT2D eigenvalue weighted by Gasteiger charge is 2.07. The fourth-order valence-electron chi connectivity index (χ4n) is 1.60. The van der Waals surface area contributed by atoms with Crippen LogP contribution < -0.4 is 10.6 Å². The van der Waals surface area contributed by atoms with E-state index in [4.69, 9.17) is 23.8 Å². The van der Waals surface area contributed by atoms with Gasteiger partial charge in [-0.05, 0) is 42.0 Å². The fraction of sp³-hybridized carbons (Fsp3) is 0.0714. The van der Waals surface area contributed by atoms with Gasteiger partial charge in [-0.3, -0.25) is 0 Å². The molecule has 0 aliphatic rings. The quantitative estimate of drug-likeness (QED) is 0.823. The highest BCUT2D eigenvalue weighted by molar-refractivity contribution is 7.80. The number of thiocarbonyl (C=S) groups is 1. The molecule has 2 nitrogen and oxygen atoms in total. The van der Waals surface area contributed by atoms with Crippen LogP contribution in [-0.2, 0) is 6.54 Å². The number of benzene rings is 2. The molecule has 0 aromatic heterocycles. The van der Waals surface area contributed by atoms with E-state index >= 15 is 0 Å². The molecule has 0 saturated carbocycles. The first-order valence-corrected chi connectivity index (χ1v) is 6.68. The van der Waals surface area contributed by atoms with E-state index in [0.717, 1.165) is 18.2 Å². The summed E-state index contributed by atoms with van der Waals surface area (Å²) < 4.78 is 39.3. The Labute approximate surface area is 129 Å². The summed E-state index contributed by atoms with van der Waals surface area (Å²) >= 11 is 10.8. The second-order valence-corrected chi connectivity index (χ2v) is 4.98. The van der Waals surface area contributed by atoms with Crippen LogP contribution in [0.25, 0.3) is 0 Å². The lowest BCUT2D eigenvalue weighted by Crippen LogP contribution is -2.28. The lowest BCUT2D eigenvalue weighted by atomic mass is 10.2. The molecule has 2 aromatic rings. The first-order chi connectivity index (χ1) is 9.95. The van der Waals surface area contributed by atoms with Crippen LogP contribution in [0.2, 0.25) is 5.02 Å². The first-order valence-electron chi connectivity index (χ1n) is 5.89. The van der Waals surface area contributed by atoms with Crippen LogP contribution >= 0.6 is 23.8 Å². The van der Waals surface area contributed by atoms with Crippen molar-refractivity contribution in [2.45, 2.75) is 6.54 Å². The zero-order chi connectivity index (χ0) is 15.4. The second-order valence-electron chi connectivity index (χ2n) is 4.17. The minimum atomic E-state index is -0.625. The van der Waals surface area contributed by atoms with Crippen molar-refractivity contribution in [2.24, 2.45) is 0 Å². The molecule has 0 aliphatic heterocycles. The third-order valence-electron chi connectivity index (χ3n) is 2.63. The van der Waals surface area contributed by atoms with Crippen molar-refractivity contribution < 1.29 is 13.2 Å². The summed E-state index contributed by atoms with van der Waals surface area (Å²) in [6.07, 6.45) is 0. The van der Waals surface area contributed by atoms with Crippen molar-refractivity contribution in [3.8, 4) is 0 Å². The molecule has 0 radical (unpaired) electrons. The molecule has 110 valence electrons. The Hall–Kier alpha value is -1.79. The highest BCUT2D eigenvalue weighted by atomic mass is 35.5. The predicted molar refractivity (Wildman–Crippen MR) is 80.8 cm³/mol. The van der Waals surface area contributed by atoms with Gasteiger partial charge in [0.05, 0.1) is 5.69 Å². The maximum Gasteiger partial charge on any atom is 0.171 e. The number of hydrogen-bond acceptors (Lipinski definition) is 1. The van der Waals surface area contributed by atoms with Crippen LogP contribution in [0, 0.1) is 17.5 Å². The van der Waals surface area contributed by atoms with E-state index in [1.807, 2.05) is 0 Å². The van der Waals surface area contributed by atoms with Gasteiger partial charge in [0.2, 0.25) is 0 Å². The van der Waals surface area contributed by atoms with Gasteiger partial charge in [-0.2, -0.15) is 0 Å². The van der Waals surface area contributed by atoms with E-state index in [0.29, 0.717) is 5.56 Å². The summed E-state index contributed by atoms with van der Waals surface area (Å²) in [5.41, 5.74) is 0.555. The Morgan fingerprint density at radius 3 is 2.43 bits per heavy atom. The van der Waals surface area contributed by atoms with E-state index in [-0.39, 0.29) is 22.4 Å². The molecule has 21 heavy (non-hydrogen) atoms. The second kappa shape index (κ2) is 6.78. The van der Waals surface area contributed by atoms with E-state index in [9.17, 15) is 13.2 Å². The summed E-state index contributed by atoms with van der Waals surface area (Å²) in [7, 11) is 0. The smallest absolute Gasteiger partial charge is 0.171 e. The molecular weight excluding hydrogens is 321 g/mol. The molecule has 0 fully saturated rings. The molecule has 0 saturated heterocycles. The third-order valence-corrected chi connectivity index (χ3v) is 3.23. The Kier molecular flexibility index (Phi) is 5.03. The van der Waals surface area contributed by atoms with Crippen molar-refractivity contribution in [2.75, 3.05) is 5.32 Å². The summed E-state index contributed by atoms with van der Waals surface area (Å²) in [5, 5.41) is 5.67. The number of rotatable bonds is 3. The van der Waals surface area contributed by atoms with Gasteiger partial charge in [0.1, 0.15) is 17.5 Å². The minimum absolute atomic E-state index is 0.0716. The summed E-state index contributed by atoms with van der Waals surface area (Å²) in [5.74, 6) is -1.64. The Morgan fingerprint density at radius 2 is 1.71 bits per heavy atom. The van der Waals surface area contributed by atoms with Crippen molar-refractivity contribution in [3.05, 3.63) is 64.4 Å². The molecule has 0 unspecified atom stereocenters. The van der Waals surface area contributed by atoms with E-state index < -0.39 is 17.5 Å². The van der Waals surface area contributed by atoms with Crippen molar-refractivity contribution in [3.63, 3.8) is 0 Å². The van der Waals surface area contributed by atoms with Crippen LogP contribution in [0.1, 0.15) is 5.56 Å². The minimum Gasteiger partial charge on any atom is -0.358 e. The molecule has 2 aromatic carbocycles. The summed E-state index contributed by atoms with van der Waals surface area (Å²) in [6.45, 7) is 0.224. The predicted octanol–water partition coefficient (Wildman–Crippen LogP) is 4.24. The van der Waals surface area contributed by atoms with E-state index in [1.165, 1.54) is 18.2 Å². The molecule has 0 aliphatic carbocycles. The standard InChI is InChI=1S/C14H10ClF3N2S/c15-11-5-9(16)2-1-8(11)7-19-14(21)20-13-6-10(17)3-4-12(13)18/h1-6H,7H2,(H2,19,20,21). The van der Waals surface area contributed by atoms with Crippen LogP contribution in [0.4, 0.5) is 18.9 Å². The third kappa shape index (κ3) is 4.34. The SMILES string of the molecule is Fc1ccc(CNC(=S)Nc2cc(F)ccc2F)c(Cl)c1. The molecular formula is C14H10ClF3N2S. The van der Waals surface area contributed by atoms with Crippen LogP contribution in [0.15, 0.2) is 36.4 Å². The lowest BCUT2D eigenvalue weighted by Gasteiger charge is -2.12. The van der Waals surface area contributed by atoms with Crippen LogP contribution in [-0.4, -0.2) is 5.11 Å². The number of nitrogens with one attached hydrogen (secondary N) is 2. The Morgan fingerprint density at radius 1 is 1.05 bits per heavy atom. The van der Waals surface area contributed by atoms with Gasteiger partial charge in [0.25, 0.3) is 0 Å². The summed E-state index contributed by atoms with van der Waals surface area (Å²) in [6, 6.07) is 6.96. The molecule has 0 amide bonds. The monoisotopic (exact) mass is 330 g/mol. The fourth-order valence-corrected chi connectivity index (χ4v) is 2.02. The molecule has 7 heteroatoms. The Bertz CT molecular complexity index is 679. The van der Waals surface area contributed by atoms with Crippen LogP contribution in [0.3, 0.4) is 0 Å². The van der Waals surface area contributed by atoms with E-state index in [1.54, 1.807) is 0 Å². The largest absolute Gasteiger partial charge is 0.358 e. The maximum atomic E-state index is 13.4. The van der Waals surface area contributed by atoms with Gasteiger partial charge >= 0.3 is 0 Å².